The first kappa shape index (κ1) is 72.7. The lowest BCUT2D eigenvalue weighted by Gasteiger charge is -2.43. The van der Waals surface area contributed by atoms with Gasteiger partial charge < -0.3 is 29.1 Å². The molecule has 14 heteroatoms. The minimum atomic E-state index is -3.18. The van der Waals surface area contributed by atoms with Crippen LogP contribution in [-0.2, 0) is 26.5 Å². The van der Waals surface area contributed by atoms with Crippen LogP contribution >= 0.6 is 0 Å². The summed E-state index contributed by atoms with van der Waals surface area (Å²) in [4.78, 5) is 10.9. The number of methoxy groups -OCH3 is 3. The van der Waals surface area contributed by atoms with E-state index in [1.807, 2.05) is 30.3 Å². The van der Waals surface area contributed by atoms with Gasteiger partial charge in [-0.15, -0.1) is 0 Å². The smallest absolute Gasteiger partial charge is 0.175 e. The number of sulfone groups is 1. The number of alkyl halides is 1. The molecule has 1 N–H and O–H groups in total. The van der Waals surface area contributed by atoms with Gasteiger partial charge in [0.1, 0.15) is 28.7 Å². The van der Waals surface area contributed by atoms with Crippen molar-refractivity contribution in [2.75, 3.05) is 86.5 Å². The Balaban J connectivity index is 0.000000120. The third-order valence-electron chi connectivity index (χ3n) is 26.7. The lowest BCUT2D eigenvalue weighted by atomic mass is 9.73. The zero-order valence-corrected chi connectivity index (χ0v) is 61.9. The largest absolute Gasteiger partial charge is 0.496 e. The molecule has 0 radical (unpaired) electrons. The highest BCUT2D eigenvalue weighted by Gasteiger charge is 2.48. The average molecular weight is 1380 g/mol. The highest BCUT2D eigenvalue weighted by molar-refractivity contribution is 7.90. The number of aryl methyl sites for hydroxylation is 2. The first-order valence-corrected chi connectivity index (χ1v) is 40.7. The second-order valence-corrected chi connectivity index (χ2v) is 34.7. The maximum absolute atomic E-state index is 15.5. The van der Waals surface area contributed by atoms with E-state index in [-0.39, 0.29) is 5.41 Å². The third-order valence-corrected chi connectivity index (χ3v) is 27.8. The number of piperidine rings is 4. The highest BCUT2D eigenvalue weighted by Crippen LogP contribution is 2.52. The minimum absolute atomic E-state index is 0.357. The molecule has 11 aliphatic rings. The quantitative estimate of drug-likeness (QED) is 0.0845. The van der Waals surface area contributed by atoms with E-state index in [0.29, 0.717) is 35.0 Å². The Morgan fingerprint density at radius 1 is 0.570 bits per heavy atom. The molecule has 0 amide bonds. The number of para-hydroxylation sites is 1. The monoisotopic (exact) mass is 1380 g/mol. The molecule has 7 aliphatic carbocycles. The van der Waals surface area contributed by atoms with Gasteiger partial charge in [0, 0.05) is 81.3 Å². The van der Waals surface area contributed by atoms with E-state index in [2.05, 4.69) is 94.1 Å². The van der Waals surface area contributed by atoms with E-state index in [9.17, 15) is 23.2 Å². The Labute approximate surface area is 598 Å². The van der Waals surface area contributed by atoms with Crippen LogP contribution in [0.3, 0.4) is 0 Å². The van der Waals surface area contributed by atoms with Crippen LogP contribution in [0.1, 0.15) is 193 Å². The summed E-state index contributed by atoms with van der Waals surface area (Å²) < 4.78 is 69.1. The predicted octanol–water partition coefficient (Wildman–Crippen LogP) is 17.5. The zero-order chi connectivity index (χ0) is 69.8. The number of ether oxygens (including phenoxy) is 3. The van der Waals surface area contributed by atoms with E-state index in [0.717, 1.165) is 159 Å². The van der Waals surface area contributed by atoms with E-state index >= 15 is 4.39 Å². The molecule has 11 nitrogen and oxygen atoms in total. The third kappa shape index (κ3) is 16.3. The lowest BCUT2D eigenvalue weighted by molar-refractivity contribution is -0.0417. The highest BCUT2D eigenvalue weighted by atomic mass is 32.2. The maximum atomic E-state index is 15.5. The minimum Gasteiger partial charge on any atom is -0.496 e. The van der Waals surface area contributed by atoms with Crippen molar-refractivity contribution in [2.45, 2.75) is 214 Å². The van der Waals surface area contributed by atoms with Crippen LogP contribution in [0, 0.1) is 72.4 Å². The van der Waals surface area contributed by atoms with Crippen molar-refractivity contribution >= 4 is 9.84 Å². The van der Waals surface area contributed by atoms with Crippen molar-refractivity contribution in [3.63, 3.8) is 0 Å². The van der Waals surface area contributed by atoms with Crippen LogP contribution in [0.25, 0.3) is 11.1 Å². The standard InChI is InChI=1S/C26H35NO3S.C20H25F2NO.C20H26N2O.C20H29NO/c1-30-26-14-11-22(20-9-12-24(13-10-20)31(2,28)29)19-25(26)21-15-17-27(18-16-21)23-7-5-3-4-6-8-23;1-24-19-5-4-17(21)12-18(19)20(22)6-8-23(9-7-20)13-16-11-14-2-3-15(16)10-14;1-23-19-5-3-2-4-17(19)20(14-21)8-10-22(11-9-20)18-13-15-6-7-16(18)12-15;1-14-3-4-15(2)18(11-14)20(22)7-9-21(10-8-20)19-13-16-5-6-17(19)12-16/h9-14,19,21,23H,3-8,15-18H2,1-2H3;2-5,12,14-16H,6-11,13H2,1H3;2-5,15-16,18H,6-13H2,1H3;3-4,11,16-17,19,22H,5-10,12-13H2,1-2H3/t;14-,15?,16+;;/m.0../s1. The van der Waals surface area contributed by atoms with Gasteiger partial charge in [-0.05, 0) is 266 Å². The van der Waals surface area contributed by atoms with Crippen LogP contribution in [0.4, 0.5) is 8.78 Å². The van der Waals surface area contributed by atoms with Gasteiger partial charge in [0.25, 0.3) is 0 Å². The summed E-state index contributed by atoms with van der Waals surface area (Å²) in [5, 5.41) is 21.2. The van der Waals surface area contributed by atoms with Gasteiger partial charge >= 0.3 is 0 Å². The second kappa shape index (κ2) is 31.7. The SMILES string of the molecule is COc1ccc(-c2ccc(S(C)(=O)=O)cc2)cc1C1CCN(C2CCCCCC2)CC1.COc1ccc(F)cc1C1(F)CCN(C[C@H]2C[C@H]3C=CC2C3)CC1.COc1ccccc1C1(C#N)CCN(C2CC3CCC2C3)CC1.Cc1ccc(C)c(C2(O)CCN(C3CC4CCC3C4)CC2)c1. The summed E-state index contributed by atoms with van der Waals surface area (Å²) in [7, 11) is 1.79. The Hall–Kier alpha value is -5.66. The molecule has 16 rings (SSSR count). The van der Waals surface area contributed by atoms with Crippen LogP contribution in [-0.4, -0.2) is 138 Å². The lowest BCUT2D eigenvalue weighted by Crippen LogP contribution is -2.48. The summed E-state index contributed by atoms with van der Waals surface area (Å²) in [6, 6.07) is 37.3. The normalized spacial score (nSPS) is 28.7. The topological polar surface area (TPSA) is 119 Å². The molecule has 5 aromatic carbocycles. The predicted molar refractivity (Wildman–Crippen MR) is 397 cm³/mol. The molecule has 4 saturated heterocycles. The van der Waals surface area contributed by atoms with Crippen molar-refractivity contribution < 1.29 is 36.5 Å². The summed E-state index contributed by atoms with van der Waals surface area (Å²) in [5.74, 6) is 8.51. The molecular weight excluding hydrogens is 1270 g/mol. The number of halogens is 2. The van der Waals surface area contributed by atoms with E-state index in [4.69, 9.17) is 14.2 Å². The van der Waals surface area contributed by atoms with E-state index < -0.39 is 26.9 Å². The molecule has 5 aromatic rings. The van der Waals surface area contributed by atoms with Crippen LogP contribution < -0.4 is 14.2 Å². The number of aliphatic hydroxyl groups is 1. The van der Waals surface area contributed by atoms with Crippen molar-refractivity contribution in [2.24, 2.45) is 41.4 Å². The maximum Gasteiger partial charge on any atom is 0.175 e. The summed E-state index contributed by atoms with van der Waals surface area (Å²) in [5.41, 5.74) is 6.07. The zero-order valence-electron chi connectivity index (χ0n) is 61.0. The fraction of sp³-hybridized carbons (Fsp3) is 0.616. The van der Waals surface area contributed by atoms with Crippen molar-refractivity contribution in [1.29, 1.82) is 5.26 Å². The number of fused-ring (bicyclic) bond motifs is 6. The number of hydrogen-bond donors (Lipinski definition) is 1. The molecular formula is C86H115F2N5O6S. The van der Waals surface area contributed by atoms with Gasteiger partial charge in [0.15, 0.2) is 9.84 Å². The Kier molecular flexibility index (Phi) is 23.1. The van der Waals surface area contributed by atoms with Gasteiger partial charge in [-0.2, -0.15) is 5.26 Å². The van der Waals surface area contributed by atoms with Gasteiger partial charge in [0.05, 0.1) is 43.3 Å². The molecule has 6 bridgehead atoms. The molecule has 4 aliphatic heterocycles. The fourth-order valence-electron chi connectivity index (χ4n) is 20.9. The average Bonchev–Trinajstić information content (AvgIpc) is 1.43. The molecule has 6 saturated carbocycles. The molecule has 7 unspecified atom stereocenters. The number of nitrogens with zero attached hydrogens (tertiary/aromatic N) is 5. The van der Waals surface area contributed by atoms with Crippen LogP contribution in [0.15, 0.2) is 120 Å². The molecule has 0 spiro atoms. The van der Waals surface area contributed by atoms with Crippen molar-refractivity contribution in [3.8, 4) is 34.4 Å². The molecule has 10 fully saturated rings. The van der Waals surface area contributed by atoms with Gasteiger partial charge in [-0.3, -0.25) is 9.80 Å². The van der Waals surface area contributed by atoms with Crippen LogP contribution in [0.5, 0.6) is 17.2 Å². The number of nitriles is 1. The summed E-state index contributed by atoms with van der Waals surface area (Å²) in [6.45, 7) is 13.4. The summed E-state index contributed by atoms with van der Waals surface area (Å²) in [6.07, 6.45) is 35.3. The fourth-order valence-corrected chi connectivity index (χ4v) is 21.6. The number of benzene rings is 5. The van der Waals surface area contributed by atoms with Crippen LogP contribution in [0.2, 0.25) is 0 Å². The van der Waals surface area contributed by atoms with E-state index in [1.165, 1.54) is 182 Å². The van der Waals surface area contributed by atoms with Gasteiger partial charge in [-0.1, -0.05) is 111 Å². The number of rotatable bonds is 14. The van der Waals surface area contributed by atoms with Crippen molar-refractivity contribution in [3.05, 3.63) is 154 Å². The second-order valence-electron chi connectivity index (χ2n) is 32.7. The Morgan fingerprint density at radius 3 is 1.73 bits per heavy atom. The van der Waals surface area contributed by atoms with E-state index in [1.54, 1.807) is 26.4 Å². The molecule has 4 heterocycles. The molecule has 9 atom stereocenters. The first-order chi connectivity index (χ1) is 48.3. The van der Waals surface area contributed by atoms with Gasteiger partial charge in [0.2, 0.25) is 0 Å². The Morgan fingerprint density at radius 2 is 1.17 bits per heavy atom. The Bertz CT molecular complexity index is 3740. The number of likely N-dealkylation sites (tertiary alicyclic amines) is 4. The number of hydrogen-bond acceptors (Lipinski definition) is 11. The molecule has 540 valence electrons. The summed E-state index contributed by atoms with van der Waals surface area (Å²) >= 11 is 0. The molecule has 100 heavy (non-hydrogen) atoms. The number of allylic oxidation sites excluding steroid dienone is 2. The van der Waals surface area contributed by atoms with Gasteiger partial charge in [-0.25, -0.2) is 17.2 Å². The first-order valence-electron chi connectivity index (χ1n) is 38.8. The van der Waals surface area contributed by atoms with Crippen molar-refractivity contribution in [1.82, 2.24) is 19.6 Å². The molecule has 0 aromatic heterocycles.